The number of pyridine rings is 2. The van der Waals surface area contributed by atoms with E-state index in [1.54, 1.807) is 32.0 Å². The average molecular weight is 473 g/mol. The molecule has 0 amide bonds. The van der Waals surface area contributed by atoms with Crippen LogP contribution >= 0.6 is 0 Å². The van der Waals surface area contributed by atoms with Gasteiger partial charge in [-0.15, -0.1) is 0 Å². The summed E-state index contributed by atoms with van der Waals surface area (Å²) in [7, 11) is 1.67. The fourth-order valence-corrected chi connectivity index (χ4v) is 4.03. The van der Waals surface area contributed by atoms with Gasteiger partial charge in [0.1, 0.15) is 23.8 Å². The van der Waals surface area contributed by atoms with E-state index in [0.29, 0.717) is 38.0 Å². The van der Waals surface area contributed by atoms with Gasteiger partial charge in [0.25, 0.3) is 0 Å². The van der Waals surface area contributed by atoms with Crippen molar-refractivity contribution < 1.29 is 9.13 Å². The summed E-state index contributed by atoms with van der Waals surface area (Å²) in [5.74, 6) is 1.78. The van der Waals surface area contributed by atoms with E-state index in [1.165, 1.54) is 18.3 Å². The molecule has 35 heavy (non-hydrogen) atoms. The van der Waals surface area contributed by atoms with Gasteiger partial charge in [0.05, 0.1) is 12.6 Å². The van der Waals surface area contributed by atoms with E-state index >= 15 is 0 Å². The standard InChI is InChI=1S/C25H25FN8O/c1-35-17-22-16-32(24-12-21(26)6-7-28-24)10-11-34(22)25-30-14-20(15-31-25)3-2-19-4-5-23(29-13-19)33-9-8-27-18-33/h2-9,12-15,18,22H,10-11,16-17H2,1H3/b3-2+/t22-/m1/s1. The van der Waals surface area contributed by atoms with Crippen LogP contribution in [0.3, 0.4) is 0 Å². The molecule has 10 heteroatoms. The lowest BCUT2D eigenvalue weighted by Crippen LogP contribution is -2.56. The molecule has 0 bridgehead atoms. The number of aromatic nitrogens is 6. The van der Waals surface area contributed by atoms with Crippen LogP contribution in [0, 0.1) is 5.82 Å². The molecule has 5 heterocycles. The SMILES string of the molecule is COC[C@H]1CN(c2cc(F)ccn2)CCN1c1ncc(/C=C/c2ccc(-n3ccnc3)nc2)cn1. The van der Waals surface area contributed by atoms with Gasteiger partial charge in [-0.3, -0.25) is 4.57 Å². The van der Waals surface area contributed by atoms with Gasteiger partial charge >= 0.3 is 0 Å². The monoisotopic (exact) mass is 472 g/mol. The smallest absolute Gasteiger partial charge is 0.225 e. The van der Waals surface area contributed by atoms with Gasteiger partial charge in [-0.2, -0.15) is 0 Å². The van der Waals surface area contributed by atoms with Crippen LogP contribution in [0.5, 0.6) is 0 Å². The van der Waals surface area contributed by atoms with Crippen molar-refractivity contribution in [3.05, 3.63) is 84.7 Å². The van der Waals surface area contributed by atoms with Gasteiger partial charge in [0, 0.05) is 75.6 Å². The quantitative estimate of drug-likeness (QED) is 0.406. The third kappa shape index (κ3) is 5.33. The Labute approximate surface area is 202 Å². The average Bonchev–Trinajstić information content (AvgIpc) is 3.44. The number of methoxy groups -OCH3 is 1. The molecule has 0 saturated carbocycles. The lowest BCUT2D eigenvalue weighted by molar-refractivity contribution is 0.173. The highest BCUT2D eigenvalue weighted by Gasteiger charge is 2.29. The number of rotatable bonds is 7. The van der Waals surface area contributed by atoms with Crippen LogP contribution in [0.25, 0.3) is 18.0 Å². The Morgan fingerprint density at radius 2 is 1.80 bits per heavy atom. The highest BCUT2D eigenvalue weighted by atomic mass is 19.1. The summed E-state index contributed by atoms with van der Waals surface area (Å²) >= 11 is 0. The fourth-order valence-electron chi connectivity index (χ4n) is 4.03. The molecule has 0 spiro atoms. The highest BCUT2D eigenvalue weighted by molar-refractivity contribution is 5.68. The zero-order valence-electron chi connectivity index (χ0n) is 19.3. The summed E-state index contributed by atoms with van der Waals surface area (Å²) in [6, 6.07) is 6.76. The van der Waals surface area contributed by atoms with Crippen LogP contribution in [0.1, 0.15) is 11.1 Å². The lowest BCUT2D eigenvalue weighted by Gasteiger charge is -2.41. The Bertz CT molecular complexity index is 1260. The minimum absolute atomic E-state index is 0.0142. The van der Waals surface area contributed by atoms with Crippen LogP contribution in [0.15, 0.2) is 67.8 Å². The van der Waals surface area contributed by atoms with Gasteiger partial charge in [-0.05, 0) is 23.8 Å². The predicted molar refractivity (Wildman–Crippen MR) is 132 cm³/mol. The second-order valence-corrected chi connectivity index (χ2v) is 8.15. The number of piperazine rings is 1. The molecule has 0 radical (unpaired) electrons. The van der Waals surface area contributed by atoms with E-state index in [4.69, 9.17) is 4.74 Å². The second-order valence-electron chi connectivity index (χ2n) is 8.15. The Hall–Kier alpha value is -4.18. The lowest BCUT2D eigenvalue weighted by atomic mass is 10.1. The number of anilines is 2. The number of hydrogen-bond acceptors (Lipinski definition) is 8. The molecular formula is C25H25FN8O. The van der Waals surface area contributed by atoms with E-state index in [-0.39, 0.29) is 11.9 Å². The molecule has 1 aliphatic heterocycles. The van der Waals surface area contributed by atoms with Crippen LogP contribution in [-0.4, -0.2) is 68.9 Å². The van der Waals surface area contributed by atoms with Gasteiger partial charge in [-0.25, -0.2) is 29.3 Å². The largest absolute Gasteiger partial charge is 0.382 e. The Morgan fingerprint density at radius 1 is 0.971 bits per heavy atom. The zero-order chi connectivity index (χ0) is 24.0. The van der Waals surface area contributed by atoms with E-state index in [9.17, 15) is 4.39 Å². The van der Waals surface area contributed by atoms with Crippen molar-refractivity contribution in [1.82, 2.24) is 29.5 Å². The molecule has 0 unspecified atom stereocenters. The van der Waals surface area contributed by atoms with Crippen molar-refractivity contribution in [2.24, 2.45) is 0 Å². The van der Waals surface area contributed by atoms with E-state index in [1.807, 2.05) is 41.2 Å². The summed E-state index contributed by atoms with van der Waals surface area (Å²) in [6.07, 6.45) is 16.1. The molecule has 4 aromatic rings. The summed E-state index contributed by atoms with van der Waals surface area (Å²) in [4.78, 5) is 26.2. The molecule has 0 aliphatic carbocycles. The zero-order valence-corrected chi connectivity index (χ0v) is 19.3. The maximum absolute atomic E-state index is 13.7. The first-order chi connectivity index (χ1) is 17.2. The van der Waals surface area contributed by atoms with Crippen molar-refractivity contribution in [2.45, 2.75) is 6.04 Å². The van der Waals surface area contributed by atoms with Gasteiger partial charge in [0.15, 0.2) is 0 Å². The maximum Gasteiger partial charge on any atom is 0.225 e. The Kier molecular flexibility index (Phi) is 6.71. The molecule has 1 atom stereocenters. The molecule has 9 nitrogen and oxygen atoms in total. The van der Waals surface area contributed by atoms with E-state index in [2.05, 4.69) is 34.7 Å². The minimum Gasteiger partial charge on any atom is -0.382 e. The number of hydrogen-bond donors (Lipinski definition) is 0. The molecule has 4 aromatic heterocycles. The first-order valence-corrected chi connectivity index (χ1v) is 11.3. The highest BCUT2D eigenvalue weighted by Crippen LogP contribution is 2.21. The van der Waals surface area contributed by atoms with Crippen molar-refractivity contribution in [1.29, 1.82) is 0 Å². The second kappa shape index (κ2) is 10.4. The summed E-state index contributed by atoms with van der Waals surface area (Å²) in [5.41, 5.74) is 1.86. The van der Waals surface area contributed by atoms with Crippen molar-refractivity contribution >= 4 is 23.9 Å². The molecule has 1 fully saturated rings. The third-order valence-corrected chi connectivity index (χ3v) is 5.80. The van der Waals surface area contributed by atoms with E-state index in [0.717, 1.165) is 16.9 Å². The number of ether oxygens (including phenoxy) is 1. The van der Waals surface area contributed by atoms with Crippen LogP contribution in [-0.2, 0) is 4.74 Å². The van der Waals surface area contributed by atoms with Crippen molar-refractivity contribution in [3.8, 4) is 5.82 Å². The molecular weight excluding hydrogens is 447 g/mol. The molecule has 5 rings (SSSR count). The van der Waals surface area contributed by atoms with E-state index < -0.39 is 0 Å². The summed E-state index contributed by atoms with van der Waals surface area (Å²) in [5, 5.41) is 0. The number of halogens is 1. The Balaban J connectivity index is 1.25. The summed E-state index contributed by atoms with van der Waals surface area (Å²) < 4.78 is 21.0. The van der Waals surface area contributed by atoms with Crippen LogP contribution in [0.2, 0.25) is 0 Å². The molecule has 0 N–H and O–H groups in total. The molecule has 1 saturated heterocycles. The van der Waals surface area contributed by atoms with Crippen LogP contribution < -0.4 is 9.80 Å². The molecule has 0 aromatic carbocycles. The van der Waals surface area contributed by atoms with Gasteiger partial charge < -0.3 is 14.5 Å². The van der Waals surface area contributed by atoms with Crippen molar-refractivity contribution in [3.63, 3.8) is 0 Å². The molecule has 178 valence electrons. The Morgan fingerprint density at radius 3 is 2.51 bits per heavy atom. The first-order valence-electron chi connectivity index (χ1n) is 11.3. The predicted octanol–water partition coefficient (Wildman–Crippen LogP) is 3.10. The van der Waals surface area contributed by atoms with Gasteiger partial charge in [-0.1, -0.05) is 12.2 Å². The third-order valence-electron chi connectivity index (χ3n) is 5.80. The normalized spacial score (nSPS) is 16.2. The van der Waals surface area contributed by atoms with Crippen LogP contribution in [0.4, 0.5) is 16.2 Å². The minimum atomic E-state index is -0.294. The first kappa shape index (κ1) is 22.6. The fraction of sp³-hybridized carbons (Fsp3) is 0.240. The van der Waals surface area contributed by atoms with Crippen molar-refractivity contribution in [2.75, 3.05) is 43.2 Å². The molecule has 1 aliphatic rings. The maximum atomic E-state index is 13.7. The topological polar surface area (TPSA) is 85.1 Å². The number of nitrogens with zero attached hydrogens (tertiary/aromatic N) is 8. The summed E-state index contributed by atoms with van der Waals surface area (Å²) in [6.45, 7) is 2.50. The number of imidazole rings is 1. The van der Waals surface area contributed by atoms with Gasteiger partial charge in [0.2, 0.25) is 5.95 Å².